The topological polar surface area (TPSA) is 12.5 Å². The second-order valence-corrected chi connectivity index (χ2v) is 7.12. The Morgan fingerprint density at radius 1 is 1.00 bits per heavy atom. The smallest absolute Gasteiger partial charge is 0.386 e. The second kappa shape index (κ2) is 5.81. The third-order valence-corrected chi connectivity index (χ3v) is 5.37. The predicted molar refractivity (Wildman–Crippen MR) is 95.3 cm³/mol. The molecule has 0 spiro atoms. The minimum atomic E-state index is -0.339. The number of fused-ring (bicyclic) bond motifs is 1. The summed E-state index contributed by atoms with van der Waals surface area (Å²) in [6.45, 7) is 5.69. The van der Waals surface area contributed by atoms with E-state index >= 15 is 0 Å². The van der Waals surface area contributed by atoms with E-state index in [1.54, 1.807) is 0 Å². The lowest BCUT2D eigenvalue weighted by Gasteiger charge is -2.36. The predicted octanol–water partition coefficient (Wildman–Crippen LogP) is 4.32. The lowest BCUT2D eigenvalue weighted by atomic mass is 9.68. The van der Waals surface area contributed by atoms with Gasteiger partial charge in [0, 0.05) is 6.04 Å². The van der Waals surface area contributed by atoms with Crippen LogP contribution in [0.1, 0.15) is 37.8 Å². The van der Waals surface area contributed by atoms with Gasteiger partial charge in [0.15, 0.2) is 0 Å². The molecular weight excluding hydrogens is 281 g/mol. The molecule has 2 saturated heterocycles. The summed E-state index contributed by atoms with van der Waals surface area (Å²) < 4.78 is 6.88. The van der Waals surface area contributed by atoms with Crippen molar-refractivity contribution in [2.24, 2.45) is 0 Å². The molecule has 2 aromatic rings. The van der Waals surface area contributed by atoms with Gasteiger partial charge < -0.3 is 9.47 Å². The maximum Gasteiger partial charge on any atom is 0.386 e. The lowest BCUT2D eigenvalue weighted by molar-refractivity contribution is 0.104. The van der Waals surface area contributed by atoms with Crippen LogP contribution in [-0.4, -0.2) is 24.4 Å². The van der Waals surface area contributed by atoms with Crippen LogP contribution >= 0.6 is 0 Å². The number of hydrogen-bond donors (Lipinski definition) is 0. The maximum atomic E-state index is 6.88. The van der Waals surface area contributed by atoms with Gasteiger partial charge in [0.25, 0.3) is 0 Å². The molecule has 1 atom stereocenters. The first-order chi connectivity index (χ1) is 11.2. The molecule has 0 amide bonds. The quantitative estimate of drug-likeness (QED) is 0.783. The highest BCUT2D eigenvalue weighted by molar-refractivity contribution is 6.51. The van der Waals surface area contributed by atoms with Crippen molar-refractivity contribution in [1.82, 2.24) is 4.81 Å². The van der Waals surface area contributed by atoms with Crippen LogP contribution < -0.4 is 0 Å². The minimum Gasteiger partial charge on any atom is -0.406 e. The van der Waals surface area contributed by atoms with Crippen molar-refractivity contribution in [2.45, 2.75) is 44.1 Å². The fourth-order valence-electron chi connectivity index (χ4n) is 4.45. The average molecular weight is 305 g/mol. The van der Waals surface area contributed by atoms with Crippen molar-refractivity contribution in [2.75, 3.05) is 6.54 Å². The molecule has 2 nitrogen and oxygen atoms in total. The van der Waals surface area contributed by atoms with Gasteiger partial charge in [-0.2, -0.15) is 0 Å². The van der Waals surface area contributed by atoms with Gasteiger partial charge in [0.2, 0.25) is 0 Å². The largest absolute Gasteiger partial charge is 0.406 e. The molecular formula is C20H24BNO. The van der Waals surface area contributed by atoms with Crippen LogP contribution in [0.25, 0.3) is 0 Å². The normalized spacial score (nSPS) is 23.4. The van der Waals surface area contributed by atoms with E-state index in [1.165, 1.54) is 24.0 Å². The Kier molecular flexibility index (Phi) is 3.78. The first-order valence-electron chi connectivity index (χ1n) is 8.78. The van der Waals surface area contributed by atoms with Crippen molar-refractivity contribution in [3.63, 3.8) is 0 Å². The number of nitrogens with zero attached hydrogens (tertiary/aromatic N) is 1. The van der Waals surface area contributed by atoms with Gasteiger partial charge in [-0.05, 0) is 36.3 Å². The molecule has 0 saturated carbocycles. The SMILES string of the molecule is CC(C)B1OC(c2ccccc2)(c2ccccc2)C2CCCN12. The summed E-state index contributed by atoms with van der Waals surface area (Å²) >= 11 is 0. The van der Waals surface area contributed by atoms with E-state index in [-0.39, 0.29) is 12.7 Å². The van der Waals surface area contributed by atoms with Crippen LogP contribution in [0, 0.1) is 0 Å². The van der Waals surface area contributed by atoms with Crippen molar-refractivity contribution < 1.29 is 4.65 Å². The summed E-state index contributed by atoms with van der Waals surface area (Å²) in [6, 6.07) is 22.0. The van der Waals surface area contributed by atoms with E-state index in [1.807, 2.05) is 0 Å². The van der Waals surface area contributed by atoms with E-state index < -0.39 is 0 Å². The lowest BCUT2D eigenvalue weighted by Crippen LogP contribution is -2.41. The molecule has 0 aliphatic carbocycles. The molecule has 3 heteroatoms. The van der Waals surface area contributed by atoms with Gasteiger partial charge in [0.1, 0.15) is 5.60 Å². The highest BCUT2D eigenvalue weighted by Gasteiger charge is 2.58. The average Bonchev–Trinajstić information content (AvgIpc) is 3.18. The molecule has 2 heterocycles. The van der Waals surface area contributed by atoms with Crippen LogP contribution in [0.2, 0.25) is 5.82 Å². The molecule has 2 fully saturated rings. The molecule has 0 bridgehead atoms. The van der Waals surface area contributed by atoms with Crippen LogP contribution in [-0.2, 0) is 10.3 Å². The monoisotopic (exact) mass is 305 g/mol. The summed E-state index contributed by atoms with van der Waals surface area (Å²) in [7, 11) is 0.197. The Morgan fingerprint density at radius 2 is 1.57 bits per heavy atom. The van der Waals surface area contributed by atoms with Gasteiger partial charge in [-0.15, -0.1) is 0 Å². The molecule has 2 aliphatic heterocycles. The van der Waals surface area contributed by atoms with Crippen molar-refractivity contribution in [3.05, 3.63) is 71.8 Å². The third-order valence-electron chi connectivity index (χ3n) is 5.37. The van der Waals surface area contributed by atoms with Crippen molar-refractivity contribution in [3.8, 4) is 0 Å². The molecule has 0 radical (unpaired) electrons. The van der Waals surface area contributed by atoms with E-state index in [4.69, 9.17) is 4.65 Å². The van der Waals surface area contributed by atoms with Gasteiger partial charge in [-0.25, -0.2) is 0 Å². The van der Waals surface area contributed by atoms with E-state index in [2.05, 4.69) is 79.3 Å². The Balaban J connectivity index is 1.90. The van der Waals surface area contributed by atoms with Crippen molar-refractivity contribution >= 4 is 7.05 Å². The van der Waals surface area contributed by atoms with Crippen molar-refractivity contribution in [1.29, 1.82) is 0 Å². The van der Waals surface area contributed by atoms with Gasteiger partial charge in [-0.3, -0.25) is 0 Å². The van der Waals surface area contributed by atoms with Crippen LogP contribution in [0.15, 0.2) is 60.7 Å². The fourth-order valence-corrected chi connectivity index (χ4v) is 4.45. The summed E-state index contributed by atoms with van der Waals surface area (Å²) in [4.78, 5) is 2.60. The summed E-state index contributed by atoms with van der Waals surface area (Å²) in [6.07, 6.45) is 2.46. The highest BCUT2D eigenvalue weighted by atomic mass is 16.5. The Morgan fingerprint density at radius 3 is 2.09 bits per heavy atom. The summed E-state index contributed by atoms with van der Waals surface area (Å²) in [5.74, 6) is 0.491. The molecule has 2 aromatic carbocycles. The van der Waals surface area contributed by atoms with Crippen LogP contribution in [0.5, 0.6) is 0 Å². The van der Waals surface area contributed by atoms with Crippen LogP contribution in [0.3, 0.4) is 0 Å². The first-order valence-corrected chi connectivity index (χ1v) is 8.78. The van der Waals surface area contributed by atoms with Gasteiger partial charge >= 0.3 is 7.05 Å². The third kappa shape index (κ3) is 2.26. The summed E-state index contributed by atoms with van der Waals surface area (Å²) in [5, 5.41) is 0. The number of rotatable bonds is 3. The second-order valence-electron chi connectivity index (χ2n) is 7.12. The molecule has 2 aliphatic rings. The Hall–Kier alpha value is -1.58. The molecule has 1 unspecified atom stereocenters. The zero-order chi connectivity index (χ0) is 15.9. The molecule has 0 aromatic heterocycles. The zero-order valence-electron chi connectivity index (χ0n) is 14.0. The molecule has 23 heavy (non-hydrogen) atoms. The minimum absolute atomic E-state index is 0.197. The van der Waals surface area contributed by atoms with Gasteiger partial charge in [0.05, 0.1) is 0 Å². The molecule has 0 N–H and O–H groups in total. The van der Waals surface area contributed by atoms with Gasteiger partial charge in [-0.1, -0.05) is 74.5 Å². The summed E-state index contributed by atoms with van der Waals surface area (Å²) in [5.41, 5.74) is 2.23. The van der Waals surface area contributed by atoms with E-state index in [0.717, 1.165) is 6.54 Å². The molecule has 118 valence electrons. The molecule has 4 rings (SSSR count). The number of benzene rings is 2. The van der Waals surface area contributed by atoms with Crippen LogP contribution in [0.4, 0.5) is 0 Å². The zero-order valence-corrected chi connectivity index (χ0v) is 14.0. The Bertz CT molecular complexity index is 618. The van der Waals surface area contributed by atoms with E-state index in [0.29, 0.717) is 11.9 Å². The van der Waals surface area contributed by atoms with E-state index in [9.17, 15) is 0 Å². The standard InChI is InChI=1S/C20H24BNO/c1-16(2)21-22-15-9-14-19(22)20(23-21,17-10-5-3-6-11-17)18-12-7-4-8-13-18/h3-8,10-13,16,19H,9,14-15H2,1-2H3. The Labute approximate surface area is 139 Å². The highest BCUT2D eigenvalue weighted by Crippen LogP contribution is 2.50. The maximum absolute atomic E-state index is 6.88. The first kappa shape index (κ1) is 15.0. The number of hydrogen-bond acceptors (Lipinski definition) is 2. The fraction of sp³-hybridized carbons (Fsp3) is 0.400.